The molecule has 0 saturated carbocycles. The Morgan fingerprint density at radius 2 is 2.19 bits per heavy atom. The molecule has 0 amide bonds. The lowest BCUT2D eigenvalue weighted by atomic mass is 9.90. The van der Waals surface area contributed by atoms with Crippen LogP contribution in [0, 0.1) is 11.2 Å². The summed E-state index contributed by atoms with van der Waals surface area (Å²) < 4.78 is 13.3. The van der Waals surface area contributed by atoms with E-state index in [0.717, 1.165) is 12.6 Å². The molecule has 0 saturated heterocycles. The van der Waals surface area contributed by atoms with Gasteiger partial charge in [0, 0.05) is 6.54 Å². The number of nitrogens with zero attached hydrogens (tertiary/aromatic N) is 2. The molecule has 1 heterocycles. The molecular formula is C10H18FN5. The van der Waals surface area contributed by atoms with Crippen LogP contribution >= 0.6 is 0 Å². The van der Waals surface area contributed by atoms with Crippen molar-refractivity contribution in [2.75, 3.05) is 17.3 Å². The Balaban J connectivity index is 2.73. The number of anilines is 2. The summed E-state index contributed by atoms with van der Waals surface area (Å²) in [5, 5.41) is 2.96. The van der Waals surface area contributed by atoms with Crippen molar-refractivity contribution in [2.45, 2.75) is 27.2 Å². The smallest absolute Gasteiger partial charge is 0.239 e. The SMILES string of the molecule is CCC(C)(C)CNc1nc(NN)ncc1F. The number of hydrogen-bond acceptors (Lipinski definition) is 5. The van der Waals surface area contributed by atoms with E-state index in [2.05, 4.69) is 41.5 Å². The van der Waals surface area contributed by atoms with Crippen LogP contribution in [0.15, 0.2) is 6.20 Å². The molecule has 0 radical (unpaired) electrons. The lowest BCUT2D eigenvalue weighted by Gasteiger charge is -2.23. The van der Waals surface area contributed by atoms with Gasteiger partial charge in [0.1, 0.15) is 0 Å². The van der Waals surface area contributed by atoms with Crippen molar-refractivity contribution in [2.24, 2.45) is 11.3 Å². The van der Waals surface area contributed by atoms with E-state index in [0.29, 0.717) is 6.54 Å². The molecule has 16 heavy (non-hydrogen) atoms. The van der Waals surface area contributed by atoms with Gasteiger partial charge in [-0.3, -0.25) is 5.43 Å². The summed E-state index contributed by atoms with van der Waals surface area (Å²) in [5.74, 6) is 5.03. The first kappa shape index (κ1) is 12.6. The van der Waals surface area contributed by atoms with Gasteiger partial charge in [-0.05, 0) is 11.8 Å². The van der Waals surface area contributed by atoms with Gasteiger partial charge in [0.15, 0.2) is 11.6 Å². The highest BCUT2D eigenvalue weighted by molar-refractivity contribution is 5.40. The van der Waals surface area contributed by atoms with Crippen molar-refractivity contribution in [3.8, 4) is 0 Å². The number of hydrazine groups is 1. The van der Waals surface area contributed by atoms with E-state index in [1.807, 2.05) is 0 Å². The molecule has 0 unspecified atom stereocenters. The summed E-state index contributed by atoms with van der Waals surface area (Å²) in [5.41, 5.74) is 2.37. The summed E-state index contributed by atoms with van der Waals surface area (Å²) in [4.78, 5) is 7.55. The average Bonchev–Trinajstić information content (AvgIpc) is 2.28. The first-order valence-electron chi connectivity index (χ1n) is 5.21. The fraction of sp³-hybridized carbons (Fsp3) is 0.600. The Morgan fingerprint density at radius 1 is 1.50 bits per heavy atom. The Bertz CT molecular complexity index is 353. The van der Waals surface area contributed by atoms with Crippen LogP contribution in [0.2, 0.25) is 0 Å². The highest BCUT2D eigenvalue weighted by Crippen LogP contribution is 2.21. The molecule has 0 aliphatic rings. The molecule has 0 aliphatic carbocycles. The summed E-state index contributed by atoms with van der Waals surface area (Å²) in [6.07, 6.45) is 2.08. The van der Waals surface area contributed by atoms with Crippen LogP contribution in [-0.2, 0) is 0 Å². The first-order valence-corrected chi connectivity index (χ1v) is 5.21. The molecule has 1 rings (SSSR count). The highest BCUT2D eigenvalue weighted by atomic mass is 19.1. The quantitative estimate of drug-likeness (QED) is 0.527. The maximum atomic E-state index is 13.3. The van der Waals surface area contributed by atoms with E-state index >= 15 is 0 Å². The predicted octanol–water partition coefficient (Wildman–Crippen LogP) is 1.75. The Morgan fingerprint density at radius 3 is 2.75 bits per heavy atom. The second-order valence-electron chi connectivity index (χ2n) is 4.41. The molecule has 0 atom stereocenters. The standard InChI is InChI=1S/C10H18FN5/c1-4-10(2,3)6-14-8-7(11)5-13-9(15-8)16-12/h5H,4,6,12H2,1-3H3,(H2,13,14,15,16). The number of halogens is 1. The van der Waals surface area contributed by atoms with Crippen molar-refractivity contribution < 1.29 is 4.39 Å². The van der Waals surface area contributed by atoms with Crippen LogP contribution in [0.3, 0.4) is 0 Å². The third kappa shape index (κ3) is 3.30. The summed E-state index contributed by atoms with van der Waals surface area (Å²) in [6, 6.07) is 0. The number of nitrogens with one attached hydrogen (secondary N) is 2. The topological polar surface area (TPSA) is 75.9 Å². The van der Waals surface area contributed by atoms with Gasteiger partial charge < -0.3 is 5.32 Å². The van der Waals surface area contributed by atoms with Crippen LogP contribution in [0.4, 0.5) is 16.2 Å². The number of nitrogen functional groups attached to an aromatic ring is 1. The van der Waals surface area contributed by atoms with E-state index in [1.165, 1.54) is 0 Å². The Labute approximate surface area is 94.6 Å². The molecule has 1 aromatic rings. The van der Waals surface area contributed by atoms with Crippen molar-refractivity contribution >= 4 is 11.8 Å². The molecular weight excluding hydrogens is 209 g/mol. The predicted molar refractivity (Wildman–Crippen MR) is 62.4 cm³/mol. The van der Waals surface area contributed by atoms with E-state index in [4.69, 9.17) is 5.84 Å². The zero-order valence-corrected chi connectivity index (χ0v) is 9.84. The normalized spacial score (nSPS) is 11.3. The first-order chi connectivity index (χ1) is 7.48. The van der Waals surface area contributed by atoms with Gasteiger partial charge in [0.2, 0.25) is 5.95 Å². The van der Waals surface area contributed by atoms with Gasteiger partial charge in [-0.15, -0.1) is 0 Å². The molecule has 0 aliphatic heterocycles. The molecule has 6 heteroatoms. The maximum Gasteiger partial charge on any atom is 0.239 e. The minimum Gasteiger partial charge on any atom is -0.367 e. The van der Waals surface area contributed by atoms with Crippen LogP contribution in [-0.4, -0.2) is 16.5 Å². The fourth-order valence-electron chi connectivity index (χ4n) is 1.01. The molecule has 0 spiro atoms. The number of hydrogen-bond donors (Lipinski definition) is 3. The molecule has 5 nitrogen and oxygen atoms in total. The van der Waals surface area contributed by atoms with Crippen molar-refractivity contribution in [3.05, 3.63) is 12.0 Å². The van der Waals surface area contributed by atoms with Gasteiger partial charge in [0.05, 0.1) is 6.20 Å². The van der Waals surface area contributed by atoms with E-state index in [9.17, 15) is 4.39 Å². The molecule has 4 N–H and O–H groups in total. The zero-order chi connectivity index (χ0) is 12.2. The van der Waals surface area contributed by atoms with Crippen molar-refractivity contribution in [1.82, 2.24) is 9.97 Å². The van der Waals surface area contributed by atoms with Crippen molar-refractivity contribution in [1.29, 1.82) is 0 Å². The number of nitrogens with two attached hydrogens (primary N) is 1. The van der Waals surface area contributed by atoms with Gasteiger partial charge in [-0.2, -0.15) is 4.98 Å². The molecule has 0 fully saturated rings. The van der Waals surface area contributed by atoms with Crippen LogP contribution in [0.1, 0.15) is 27.2 Å². The van der Waals surface area contributed by atoms with Crippen LogP contribution in [0.5, 0.6) is 0 Å². The summed E-state index contributed by atoms with van der Waals surface area (Å²) >= 11 is 0. The fourth-order valence-corrected chi connectivity index (χ4v) is 1.01. The van der Waals surface area contributed by atoms with Gasteiger partial charge in [0.25, 0.3) is 0 Å². The minimum atomic E-state index is -0.481. The number of aromatic nitrogens is 2. The molecule has 0 bridgehead atoms. The Kier molecular flexibility index (Phi) is 4.00. The third-order valence-electron chi connectivity index (χ3n) is 2.56. The van der Waals surface area contributed by atoms with E-state index in [-0.39, 0.29) is 17.2 Å². The van der Waals surface area contributed by atoms with Gasteiger partial charge >= 0.3 is 0 Å². The van der Waals surface area contributed by atoms with Crippen LogP contribution < -0.4 is 16.6 Å². The second-order valence-corrected chi connectivity index (χ2v) is 4.41. The Hall–Kier alpha value is -1.43. The summed E-state index contributed by atoms with van der Waals surface area (Å²) in [7, 11) is 0. The molecule has 0 aromatic carbocycles. The van der Waals surface area contributed by atoms with Crippen molar-refractivity contribution in [3.63, 3.8) is 0 Å². The van der Waals surface area contributed by atoms with E-state index < -0.39 is 5.82 Å². The largest absolute Gasteiger partial charge is 0.367 e. The summed E-state index contributed by atoms with van der Waals surface area (Å²) in [6.45, 7) is 6.93. The van der Waals surface area contributed by atoms with Gasteiger partial charge in [-0.25, -0.2) is 15.2 Å². The van der Waals surface area contributed by atoms with Gasteiger partial charge in [-0.1, -0.05) is 20.8 Å². The maximum absolute atomic E-state index is 13.3. The third-order valence-corrected chi connectivity index (χ3v) is 2.56. The average molecular weight is 227 g/mol. The lowest BCUT2D eigenvalue weighted by Crippen LogP contribution is -2.23. The minimum absolute atomic E-state index is 0.0910. The zero-order valence-electron chi connectivity index (χ0n) is 9.84. The van der Waals surface area contributed by atoms with E-state index in [1.54, 1.807) is 0 Å². The second kappa shape index (κ2) is 5.07. The number of rotatable bonds is 5. The monoisotopic (exact) mass is 227 g/mol. The van der Waals surface area contributed by atoms with Crippen LogP contribution in [0.25, 0.3) is 0 Å². The lowest BCUT2D eigenvalue weighted by molar-refractivity contribution is 0.376. The highest BCUT2D eigenvalue weighted by Gasteiger charge is 2.16. The molecule has 90 valence electrons. The molecule has 1 aromatic heterocycles.